The maximum absolute atomic E-state index is 11.9. The molecule has 22 heavy (non-hydrogen) atoms. The maximum atomic E-state index is 11.9. The first-order valence-electron chi connectivity index (χ1n) is 6.00. The SMILES string of the molecule is O=C(NN=Cc1cccc(Br)c1)c1ccc([N+](=O)[O-])cc1Cl. The summed E-state index contributed by atoms with van der Waals surface area (Å²) in [6.07, 6.45) is 1.47. The first-order valence-corrected chi connectivity index (χ1v) is 7.17. The molecule has 1 N–H and O–H groups in total. The zero-order chi connectivity index (χ0) is 16.1. The highest BCUT2D eigenvalue weighted by molar-refractivity contribution is 9.10. The van der Waals surface area contributed by atoms with Crippen molar-refractivity contribution in [3.8, 4) is 0 Å². The van der Waals surface area contributed by atoms with Crippen molar-refractivity contribution in [1.82, 2.24) is 5.43 Å². The van der Waals surface area contributed by atoms with Crippen LogP contribution in [0.1, 0.15) is 15.9 Å². The summed E-state index contributed by atoms with van der Waals surface area (Å²) in [5.41, 5.74) is 3.04. The fourth-order valence-corrected chi connectivity index (χ4v) is 2.29. The van der Waals surface area contributed by atoms with Gasteiger partial charge in [-0.15, -0.1) is 0 Å². The molecule has 0 spiro atoms. The quantitative estimate of drug-likeness (QED) is 0.496. The molecule has 0 aliphatic rings. The van der Waals surface area contributed by atoms with Crippen LogP contribution in [0, 0.1) is 10.1 Å². The number of carbonyl (C=O) groups is 1. The molecule has 0 aromatic heterocycles. The molecule has 0 unspecified atom stereocenters. The van der Waals surface area contributed by atoms with Gasteiger partial charge in [-0.2, -0.15) is 5.10 Å². The normalized spacial score (nSPS) is 10.6. The second-order valence-corrected chi connectivity index (χ2v) is 5.50. The molecule has 0 heterocycles. The third-order valence-corrected chi connectivity index (χ3v) is 3.44. The number of nitro groups is 1. The smallest absolute Gasteiger partial charge is 0.267 e. The average molecular weight is 383 g/mol. The second-order valence-electron chi connectivity index (χ2n) is 4.18. The Morgan fingerprint density at radius 1 is 1.32 bits per heavy atom. The monoisotopic (exact) mass is 381 g/mol. The van der Waals surface area contributed by atoms with Crippen molar-refractivity contribution in [2.75, 3.05) is 0 Å². The molecule has 2 aromatic rings. The summed E-state index contributed by atoms with van der Waals surface area (Å²) in [6.45, 7) is 0. The minimum atomic E-state index is -0.584. The first-order chi connectivity index (χ1) is 10.5. The molecular weight excluding hydrogens is 374 g/mol. The van der Waals surface area contributed by atoms with Crippen LogP contribution in [0.25, 0.3) is 0 Å². The third-order valence-electron chi connectivity index (χ3n) is 2.64. The first kappa shape index (κ1) is 16.1. The van der Waals surface area contributed by atoms with Gasteiger partial charge in [-0.3, -0.25) is 14.9 Å². The number of hydrogen-bond donors (Lipinski definition) is 1. The standard InChI is InChI=1S/C14H9BrClN3O3/c15-10-3-1-2-9(6-10)8-17-18-14(20)12-5-4-11(19(21)22)7-13(12)16/h1-8H,(H,18,20). The van der Waals surface area contributed by atoms with Gasteiger partial charge in [-0.1, -0.05) is 39.7 Å². The van der Waals surface area contributed by atoms with Crippen LogP contribution in [0.15, 0.2) is 52.0 Å². The van der Waals surface area contributed by atoms with Crippen molar-refractivity contribution < 1.29 is 9.72 Å². The van der Waals surface area contributed by atoms with E-state index < -0.39 is 10.8 Å². The van der Waals surface area contributed by atoms with Crippen LogP contribution in [0.2, 0.25) is 5.02 Å². The van der Waals surface area contributed by atoms with Crippen LogP contribution < -0.4 is 5.43 Å². The van der Waals surface area contributed by atoms with Gasteiger partial charge in [0.15, 0.2) is 0 Å². The number of nitrogens with zero attached hydrogens (tertiary/aromatic N) is 2. The maximum Gasteiger partial charge on any atom is 0.272 e. The van der Waals surface area contributed by atoms with Gasteiger partial charge in [0.05, 0.1) is 21.7 Å². The lowest BCUT2D eigenvalue weighted by atomic mass is 10.2. The average Bonchev–Trinajstić information content (AvgIpc) is 2.47. The summed E-state index contributed by atoms with van der Waals surface area (Å²) in [7, 11) is 0. The van der Waals surface area contributed by atoms with Crippen LogP contribution in [0.4, 0.5) is 5.69 Å². The molecule has 0 fully saturated rings. The van der Waals surface area contributed by atoms with Crippen molar-refractivity contribution in [2.24, 2.45) is 5.10 Å². The van der Waals surface area contributed by atoms with E-state index in [0.29, 0.717) is 0 Å². The molecule has 0 aliphatic heterocycles. The largest absolute Gasteiger partial charge is 0.272 e. The van der Waals surface area contributed by atoms with Gasteiger partial charge in [-0.05, 0) is 23.8 Å². The molecule has 0 atom stereocenters. The Labute approximate surface area is 139 Å². The summed E-state index contributed by atoms with van der Waals surface area (Å²) in [6, 6.07) is 11.0. The number of non-ortho nitro benzene ring substituents is 1. The van der Waals surface area contributed by atoms with Crippen LogP contribution in [-0.2, 0) is 0 Å². The van der Waals surface area contributed by atoms with E-state index in [1.807, 2.05) is 24.3 Å². The van der Waals surface area contributed by atoms with E-state index in [4.69, 9.17) is 11.6 Å². The van der Waals surface area contributed by atoms with Gasteiger partial charge in [0.1, 0.15) is 0 Å². The van der Waals surface area contributed by atoms with Crippen LogP contribution >= 0.6 is 27.5 Å². The summed E-state index contributed by atoms with van der Waals surface area (Å²) in [5.74, 6) is -0.550. The van der Waals surface area contributed by atoms with Gasteiger partial charge in [0.2, 0.25) is 0 Å². The van der Waals surface area contributed by atoms with Crippen molar-refractivity contribution in [3.63, 3.8) is 0 Å². The number of amides is 1. The predicted molar refractivity (Wildman–Crippen MR) is 87.3 cm³/mol. The molecule has 2 aromatic carbocycles. The summed E-state index contributed by atoms with van der Waals surface area (Å²) in [4.78, 5) is 21.9. The molecule has 6 nitrogen and oxygen atoms in total. The van der Waals surface area contributed by atoms with E-state index in [9.17, 15) is 14.9 Å². The van der Waals surface area contributed by atoms with E-state index in [-0.39, 0.29) is 16.3 Å². The van der Waals surface area contributed by atoms with Crippen molar-refractivity contribution >= 4 is 45.3 Å². The Kier molecular flexibility index (Phi) is 5.24. The molecule has 8 heteroatoms. The molecule has 0 aliphatic carbocycles. The van der Waals surface area contributed by atoms with E-state index in [2.05, 4.69) is 26.5 Å². The topological polar surface area (TPSA) is 84.6 Å². The van der Waals surface area contributed by atoms with E-state index in [1.165, 1.54) is 18.3 Å². The van der Waals surface area contributed by atoms with Crippen molar-refractivity contribution in [1.29, 1.82) is 0 Å². The fourth-order valence-electron chi connectivity index (χ4n) is 1.61. The Balaban J connectivity index is 2.08. The zero-order valence-electron chi connectivity index (χ0n) is 11.0. The lowest BCUT2D eigenvalue weighted by Crippen LogP contribution is -2.18. The van der Waals surface area contributed by atoms with Gasteiger partial charge < -0.3 is 0 Å². The highest BCUT2D eigenvalue weighted by Gasteiger charge is 2.14. The molecule has 1 amide bonds. The number of rotatable bonds is 4. The van der Waals surface area contributed by atoms with Gasteiger partial charge in [0.25, 0.3) is 11.6 Å². The van der Waals surface area contributed by atoms with Crippen LogP contribution in [0.3, 0.4) is 0 Å². The Morgan fingerprint density at radius 3 is 2.73 bits per heavy atom. The Morgan fingerprint density at radius 2 is 2.09 bits per heavy atom. The fraction of sp³-hybridized carbons (Fsp3) is 0. The summed E-state index contributed by atoms with van der Waals surface area (Å²) in [5, 5.41) is 14.4. The molecule has 0 radical (unpaired) electrons. The van der Waals surface area contributed by atoms with E-state index >= 15 is 0 Å². The minimum Gasteiger partial charge on any atom is -0.267 e. The number of carbonyl (C=O) groups excluding carboxylic acids is 1. The highest BCUT2D eigenvalue weighted by atomic mass is 79.9. The van der Waals surface area contributed by atoms with Gasteiger partial charge >= 0.3 is 0 Å². The van der Waals surface area contributed by atoms with E-state index in [0.717, 1.165) is 16.1 Å². The molecular formula is C14H9BrClN3O3. The summed E-state index contributed by atoms with van der Waals surface area (Å²) < 4.78 is 0.890. The second kappa shape index (κ2) is 7.15. The Hall–Kier alpha value is -2.25. The highest BCUT2D eigenvalue weighted by Crippen LogP contribution is 2.22. The molecule has 0 bridgehead atoms. The Bertz CT molecular complexity index is 765. The van der Waals surface area contributed by atoms with Gasteiger partial charge in [-0.25, -0.2) is 5.43 Å². The molecule has 2 rings (SSSR count). The van der Waals surface area contributed by atoms with Crippen molar-refractivity contribution in [2.45, 2.75) is 0 Å². The molecule has 0 saturated heterocycles. The number of nitrogens with one attached hydrogen (secondary N) is 1. The molecule has 112 valence electrons. The molecule has 0 saturated carbocycles. The van der Waals surface area contributed by atoms with Gasteiger partial charge in [0, 0.05) is 16.6 Å². The number of halogens is 2. The van der Waals surface area contributed by atoms with E-state index in [1.54, 1.807) is 0 Å². The van der Waals surface area contributed by atoms with Crippen LogP contribution in [-0.4, -0.2) is 17.0 Å². The summed E-state index contributed by atoms with van der Waals surface area (Å²) >= 11 is 9.19. The van der Waals surface area contributed by atoms with Crippen molar-refractivity contribution in [3.05, 3.63) is 73.2 Å². The predicted octanol–water partition coefficient (Wildman–Crippen LogP) is 3.77. The number of hydrogen-bond acceptors (Lipinski definition) is 4. The lowest BCUT2D eigenvalue weighted by molar-refractivity contribution is -0.384. The third kappa shape index (κ3) is 4.12. The number of benzene rings is 2. The van der Waals surface area contributed by atoms with Crippen LogP contribution in [0.5, 0.6) is 0 Å². The minimum absolute atomic E-state index is 0.00986. The number of hydrazone groups is 1. The number of nitro benzene ring substituents is 1. The lowest BCUT2D eigenvalue weighted by Gasteiger charge is -2.02. The zero-order valence-corrected chi connectivity index (χ0v) is 13.3.